The van der Waals surface area contributed by atoms with Gasteiger partial charge < -0.3 is 9.47 Å². The van der Waals surface area contributed by atoms with Gasteiger partial charge in [-0.2, -0.15) is 8.61 Å². The fraction of sp³-hybridized carbons (Fsp3) is 0.478. The molecule has 8 nitrogen and oxygen atoms in total. The van der Waals surface area contributed by atoms with Crippen LogP contribution in [0.3, 0.4) is 0 Å². The van der Waals surface area contributed by atoms with E-state index in [-0.39, 0.29) is 40.9 Å². The van der Waals surface area contributed by atoms with Gasteiger partial charge in [0.2, 0.25) is 20.0 Å². The summed E-state index contributed by atoms with van der Waals surface area (Å²) in [5.74, 6) is 0.556. The van der Waals surface area contributed by atoms with E-state index in [9.17, 15) is 16.8 Å². The number of piperazine rings is 1. The van der Waals surface area contributed by atoms with Gasteiger partial charge in [0.1, 0.15) is 21.3 Å². The van der Waals surface area contributed by atoms with Crippen LogP contribution in [0.5, 0.6) is 11.5 Å². The number of hydrogen-bond donors (Lipinski definition) is 0. The van der Waals surface area contributed by atoms with Crippen LogP contribution in [-0.2, 0) is 20.0 Å². The van der Waals surface area contributed by atoms with Crippen LogP contribution in [0.15, 0.2) is 34.1 Å². The topological polar surface area (TPSA) is 93.2 Å². The van der Waals surface area contributed by atoms with Gasteiger partial charge in [-0.15, -0.1) is 0 Å². The number of hydrogen-bond acceptors (Lipinski definition) is 6. The van der Waals surface area contributed by atoms with Crippen LogP contribution >= 0.6 is 0 Å². The molecule has 1 atom stereocenters. The maximum atomic E-state index is 13.5. The van der Waals surface area contributed by atoms with E-state index in [0.717, 1.165) is 22.3 Å². The van der Waals surface area contributed by atoms with Crippen LogP contribution in [0, 0.1) is 27.7 Å². The lowest BCUT2D eigenvalue weighted by Gasteiger charge is -2.38. The zero-order chi connectivity index (χ0) is 24.7. The summed E-state index contributed by atoms with van der Waals surface area (Å²) >= 11 is 0. The van der Waals surface area contributed by atoms with Crippen LogP contribution in [0.1, 0.15) is 29.2 Å². The molecule has 10 heteroatoms. The van der Waals surface area contributed by atoms with Crippen LogP contribution in [0.4, 0.5) is 0 Å². The third kappa shape index (κ3) is 4.62. The van der Waals surface area contributed by atoms with Crippen molar-refractivity contribution in [3.05, 3.63) is 46.5 Å². The summed E-state index contributed by atoms with van der Waals surface area (Å²) in [6.45, 7) is 9.29. The van der Waals surface area contributed by atoms with Crippen molar-refractivity contribution in [2.75, 3.05) is 33.9 Å². The van der Waals surface area contributed by atoms with Crippen molar-refractivity contribution < 1.29 is 26.3 Å². The SMILES string of the molecule is COc1cc(C)c(C)cc1S(=O)(=O)N1CCN(S(=O)(=O)c2cc(C)c(C)cc2OC)[C@@H](C)C1. The van der Waals surface area contributed by atoms with Gasteiger partial charge in [0.15, 0.2) is 0 Å². The summed E-state index contributed by atoms with van der Waals surface area (Å²) in [6, 6.07) is 6.07. The second-order valence-corrected chi connectivity index (χ2v) is 12.3. The Morgan fingerprint density at radius 2 is 1.15 bits per heavy atom. The molecule has 2 aromatic rings. The molecule has 0 unspecified atom stereocenters. The van der Waals surface area contributed by atoms with E-state index < -0.39 is 26.1 Å². The number of nitrogens with zero attached hydrogens (tertiary/aromatic N) is 2. The maximum absolute atomic E-state index is 13.5. The van der Waals surface area contributed by atoms with E-state index in [4.69, 9.17) is 9.47 Å². The van der Waals surface area contributed by atoms with Gasteiger partial charge >= 0.3 is 0 Å². The van der Waals surface area contributed by atoms with Crippen molar-refractivity contribution in [1.29, 1.82) is 0 Å². The molecule has 1 saturated heterocycles. The Morgan fingerprint density at radius 3 is 1.58 bits per heavy atom. The number of methoxy groups -OCH3 is 2. The van der Waals surface area contributed by atoms with Gasteiger partial charge in [-0.1, -0.05) is 0 Å². The second-order valence-electron chi connectivity index (χ2n) is 8.50. The van der Waals surface area contributed by atoms with Crippen molar-refractivity contribution in [3.63, 3.8) is 0 Å². The third-order valence-corrected chi connectivity index (χ3v) is 10.2. The molecule has 0 bridgehead atoms. The van der Waals surface area contributed by atoms with Crippen molar-refractivity contribution >= 4 is 20.0 Å². The van der Waals surface area contributed by atoms with Crippen molar-refractivity contribution in [2.24, 2.45) is 0 Å². The smallest absolute Gasteiger partial charge is 0.247 e. The summed E-state index contributed by atoms with van der Waals surface area (Å²) in [4.78, 5) is 0.180. The van der Waals surface area contributed by atoms with Crippen LogP contribution in [-0.4, -0.2) is 65.3 Å². The third-order valence-electron chi connectivity index (χ3n) is 6.29. The van der Waals surface area contributed by atoms with Gasteiger partial charge in [0.05, 0.1) is 14.2 Å². The first-order valence-electron chi connectivity index (χ1n) is 10.7. The first kappa shape index (κ1) is 25.5. The standard InChI is InChI=1S/C23H32N2O6S2/c1-15-10-20(30-6)22(12-17(15)3)32(26,27)24-8-9-25(19(5)14-24)33(28,29)23-13-18(4)16(2)11-21(23)31-7/h10-13,19H,8-9,14H2,1-7H3/t19-/m0/s1. The molecule has 1 heterocycles. The predicted octanol–water partition coefficient (Wildman–Crippen LogP) is 3.02. The van der Waals surface area contributed by atoms with Crippen molar-refractivity contribution in [3.8, 4) is 11.5 Å². The van der Waals surface area contributed by atoms with Crippen LogP contribution in [0.2, 0.25) is 0 Å². The molecule has 0 amide bonds. The predicted molar refractivity (Wildman–Crippen MR) is 127 cm³/mol. The van der Waals surface area contributed by atoms with Gasteiger partial charge in [-0.05, 0) is 81.1 Å². The molecule has 182 valence electrons. The minimum atomic E-state index is -3.89. The zero-order valence-corrected chi connectivity index (χ0v) is 21.8. The highest BCUT2D eigenvalue weighted by molar-refractivity contribution is 7.89. The highest BCUT2D eigenvalue weighted by atomic mass is 32.2. The van der Waals surface area contributed by atoms with Gasteiger partial charge in [0.25, 0.3) is 0 Å². The molecule has 0 N–H and O–H groups in total. The lowest BCUT2D eigenvalue weighted by Crippen LogP contribution is -2.55. The van der Waals surface area contributed by atoms with E-state index in [2.05, 4.69) is 0 Å². The van der Waals surface area contributed by atoms with Gasteiger partial charge in [0, 0.05) is 25.7 Å². The first-order valence-corrected chi connectivity index (χ1v) is 13.5. The molecule has 0 aromatic heterocycles. The molecular formula is C23H32N2O6S2. The molecule has 0 radical (unpaired) electrons. The molecule has 1 fully saturated rings. The van der Waals surface area contributed by atoms with Crippen molar-refractivity contribution in [1.82, 2.24) is 8.61 Å². The van der Waals surface area contributed by atoms with Crippen LogP contribution in [0.25, 0.3) is 0 Å². The van der Waals surface area contributed by atoms with Crippen molar-refractivity contribution in [2.45, 2.75) is 50.5 Å². The molecule has 0 aliphatic carbocycles. The fourth-order valence-electron chi connectivity index (χ4n) is 4.00. The van der Waals surface area contributed by atoms with Gasteiger partial charge in [-0.3, -0.25) is 0 Å². The molecule has 1 aliphatic heterocycles. The van der Waals surface area contributed by atoms with E-state index in [0.29, 0.717) is 0 Å². The lowest BCUT2D eigenvalue weighted by molar-refractivity contribution is 0.212. The summed E-state index contributed by atoms with van der Waals surface area (Å²) < 4.78 is 67.3. The zero-order valence-electron chi connectivity index (χ0n) is 20.2. The van der Waals surface area contributed by atoms with E-state index in [1.54, 1.807) is 31.2 Å². The summed E-state index contributed by atoms with van der Waals surface area (Å²) in [5.41, 5.74) is 3.53. The quantitative estimate of drug-likeness (QED) is 0.610. The Bertz CT molecular complexity index is 1270. The molecule has 0 spiro atoms. The Balaban J connectivity index is 1.93. The molecule has 0 saturated carbocycles. The lowest BCUT2D eigenvalue weighted by atomic mass is 10.1. The molecule has 3 rings (SSSR count). The maximum Gasteiger partial charge on any atom is 0.247 e. The Kier molecular flexibility index (Phi) is 7.14. The highest BCUT2D eigenvalue weighted by Gasteiger charge is 2.40. The van der Waals surface area contributed by atoms with Gasteiger partial charge in [-0.25, -0.2) is 16.8 Å². The number of sulfonamides is 2. The minimum Gasteiger partial charge on any atom is -0.495 e. The summed E-state index contributed by atoms with van der Waals surface area (Å²) in [5, 5.41) is 0. The fourth-order valence-corrected chi connectivity index (χ4v) is 7.57. The Morgan fingerprint density at radius 1 is 0.727 bits per heavy atom. The summed E-state index contributed by atoms with van der Waals surface area (Å²) in [7, 11) is -4.89. The average molecular weight is 497 g/mol. The highest BCUT2D eigenvalue weighted by Crippen LogP contribution is 2.34. The molecular weight excluding hydrogens is 464 g/mol. The number of benzene rings is 2. The molecule has 33 heavy (non-hydrogen) atoms. The van der Waals surface area contributed by atoms with E-state index in [1.807, 2.05) is 27.7 Å². The van der Waals surface area contributed by atoms with E-state index >= 15 is 0 Å². The summed E-state index contributed by atoms with van der Waals surface area (Å²) in [6.07, 6.45) is 0. The normalized spacial score (nSPS) is 18.3. The minimum absolute atomic E-state index is 0.0325. The number of ether oxygens (including phenoxy) is 2. The molecule has 2 aromatic carbocycles. The Labute approximate surface area is 197 Å². The average Bonchev–Trinajstić information content (AvgIpc) is 2.76. The Hall–Kier alpha value is -2.14. The molecule has 1 aliphatic rings. The number of rotatable bonds is 6. The van der Waals surface area contributed by atoms with Crippen LogP contribution < -0.4 is 9.47 Å². The monoisotopic (exact) mass is 496 g/mol. The van der Waals surface area contributed by atoms with E-state index in [1.165, 1.54) is 22.8 Å². The second kappa shape index (κ2) is 9.25. The largest absolute Gasteiger partial charge is 0.495 e. The number of aryl methyl sites for hydroxylation is 4. The first-order chi connectivity index (χ1) is 15.3.